The molecule has 1 aliphatic heterocycles. The lowest BCUT2D eigenvalue weighted by Crippen LogP contribution is -2.44. The topological polar surface area (TPSA) is 57.7 Å². The van der Waals surface area contributed by atoms with Crippen molar-refractivity contribution in [2.24, 2.45) is 5.92 Å². The lowest BCUT2D eigenvalue weighted by atomic mass is 9.86. The van der Waals surface area contributed by atoms with Crippen LogP contribution in [0.15, 0.2) is 53.4 Å². The fourth-order valence-electron chi connectivity index (χ4n) is 4.71. The number of halogens is 1. The van der Waals surface area contributed by atoms with Crippen molar-refractivity contribution in [1.29, 1.82) is 0 Å². The van der Waals surface area contributed by atoms with Gasteiger partial charge in [-0.3, -0.25) is 4.79 Å². The van der Waals surface area contributed by atoms with Crippen LogP contribution in [0.4, 0.5) is 4.39 Å². The van der Waals surface area contributed by atoms with Crippen molar-refractivity contribution < 1.29 is 17.6 Å². The molecule has 1 heterocycles. The molecule has 0 radical (unpaired) electrons. The Morgan fingerprint density at radius 3 is 2.43 bits per heavy atom. The molecule has 0 saturated carbocycles. The third-order valence-electron chi connectivity index (χ3n) is 6.41. The Morgan fingerprint density at radius 1 is 1.03 bits per heavy atom. The number of nitrogens with zero attached hydrogens (tertiary/aromatic N) is 2. The van der Waals surface area contributed by atoms with Crippen molar-refractivity contribution in [3.05, 3.63) is 65.5 Å². The van der Waals surface area contributed by atoms with Gasteiger partial charge in [0.2, 0.25) is 15.9 Å². The minimum atomic E-state index is -3.89. The molecule has 1 aliphatic carbocycles. The van der Waals surface area contributed by atoms with Gasteiger partial charge in [0, 0.05) is 26.1 Å². The van der Waals surface area contributed by atoms with Crippen LogP contribution in [0, 0.1) is 11.7 Å². The summed E-state index contributed by atoms with van der Waals surface area (Å²) < 4.78 is 40.9. The summed E-state index contributed by atoms with van der Waals surface area (Å²) in [6.45, 7) is 0.449. The first-order chi connectivity index (χ1) is 14.4. The normalized spacial score (nSPS) is 20.5. The third-order valence-corrected chi connectivity index (χ3v) is 8.34. The van der Waals surface area contributed by atoms with Crippen LogP contribution in [-0.2, 0) is 21.2 Å². The average Bonchev–Trinajstić information content (AvgIpc) is 2.78. The van der Waals surface area contributed by atoms with E-state index in [1.54, 1.807) is 0 Å². The first kappa shape index (κ1) is 21.0. The average molecular weight is 431 g/mol. The van der Waals surface area contributed by atoms with E-state index in [2.05, 4.69) is 12.1 Å². The van der Waals surface area contributed by atoms with Gasteiger partial charge in [0.25, 0.3) is 0 Å². The number of sulfonamides is 1. The molecule has 0 bridgehead atoms. The summed E-state index contributed by atoms with van der Waals surface area (Å²) in [6.07, 6.45) is 3.94. The summed E-state index contributed by atoms with van der Waals surface area (Å²) in [5, 5.41) is 0. The zero-order valence-corrected chi connectivity index (χ0v) is 17.9. The standard InChI is InChI=1S/C23H27FN2O3S/c1-25(21-11-6-8-17-7-2-3-9-19(17)21)23(27)18-13-15-26(16-14-18)30(28,29)22-12-5-4-10-20(22)24/h2-5,7,9-10,12,18,21H,6,8,11,13-16H2,1H3/t21-/m1/s1. The fraction of sp³-hybridized carbons (Fsp3) is 0.435. The second kappa shape index (κ2) is 8.47. The molecule has 1 saturated heterocycles. The molecule has 4 rings (SSSR count). The van der Waals surface area contributed by atoms with E-state index in [0.717, 1.165) is 25.3 Å². The Bertz CT molecular complexity index is 1030. The molecule has 0 unspecified atom stereocenters. The van der Waals surface area contributed by atoms with Crippen LogP contribution in [0.25, 0.3) is 0 Å². The van der Waals surface area contributed by atoms with Crippen LogP contribution < -0.4 is 0 Å². The largest absolute Gasteiger partial charge is 0.338 e. The summed E-state index contributed by atoms with van der Waals surface area (Å²) in [6, 6.07) is 13.8. The van der Waals surface area contributed by atoms with Gasteiger partial charge in [0.15, 0.2) is 0 Å². The summed E-state index contributed by atoms with van der Waals surface area (Å²) in [5.41, 5.74) is 2.53. The van der Waals surface area contributed by atoms with Gasteiger partial charge in [0.1, 0.15) is 10.7 Å². The molecule has 0 spiro atoms. The van der Waals surface area contributed by atoms with Gasteiger partial charge in [0.05, 0.1) is 6.04 Å². The lowest BCUT2D eigenvalue weighted by molar-refractivity contribution is -0.138. The molecule has 1 amide bonds. The zero-order valence-electron chi connectivity index (χ0n) is 17.1. The minimum Gasteiger partial charge on any atom is -0.338 e. The Kier molecular flexibility index (Phi) is 5.93. The number of benzene rings is 2. The van der Waals surface area contributed by atoms with Crippen LogP contribution in [0.3, 0.4) is 0 Å². The summed E-state index contributed by atoms with van der Waals surface area (Å²) >= 11 is 0. The molecule has 7 heteroatoms. The maximum atomic E-state index is 14.0. The number of aryl methyl sites for hydroxylation is 1. The van der Waals surface area contributed by atoms with Crippen LogP contribution in [0.2, 0.25) is 0 Å². The van der Waals surface area contributed by atoms with Gasteiger partial charge < -0.3 is 4.90 Å². The molecular weight excluding hydrogens is 403 g/mol. The number of carbonyl (C=O) groups is 1. The fourth-order valence-corrected chi connectivity index (χ4v) is 6.24. The molecule has 1 atom stereocenters. The lowest BCUT2D eigenvalue weighted by Gasteiger charge is -2.37. The summed E-state index contributed by atoms with van der Waals surface area (Å²) in [7, 11) is -2.03. The van der Waals surface area contributed by atoms with Gasteiger partial charge >= 0.3 is 0 Å². The SMILES string of the molecule is CN(C(=O)C1CCN(S(=O)(=O)c2ccccc2F)CC1)[C@@H]1CCCc2ccccc21. The van der Waals surface area contributed by atoms with E-state index in [4.69, 9.17) is 0 Å². The second-order valence-electron chi connectivity index (χ2n) is 8.16. The van der Waals surface area contributed by atoms with E-state index in [9.17, 15) is 17.6 Å². The third kappa shape index (κ3) is 3.88. The van der Waals surface area contributed by atoms with E-state index < -0.39 is 15.8 Å². The van der Waals surface area contributed by atoms with E-state index in [-0.39, 0.29) is 35.9 Å². The van der Waals surface area contributed by atoms with Crippen molar-refractivity contribution in [3.8, 4) is 0 Å². The number of rotatable bonds is 4. The van der Waals surface area contributed by atoms with E-state index >= 15 is 0 Å². The molecular formula is C23H27FN2O3S. The molecule has 2 aromatic carbocycles. The molecule has 30 heavy (non-hydrogen) atoms. The second-order valence-corrected chi connectivity index (χ2v) is 10.1. The monoisotopic (exact) mass is 430 g/mol. The van der Waals surface area contributed by atoms with E-state index in [0.29, 0.717) is 12.8 Å². The molecule has 2 aliphatic rings. The highest BCUT2D eigenvalue weighted by atomic mass is 32.2. The van der Waals surface area contributed by atoms with Crippen LogP contribution >= 0.6 is 0 Å². The van der Waals surface area contributed by atoms with E-state index in [1.165, 1.54) is 33.6 Å². The molecule has 2 aromatic rings. The van der Waals surface area contributed by atoms with Gasteiger partial charge in [-0.05, 0) is 55.4 Å². The predicted molar refractivity (Wildman–Crippen MR) is 113 cm³/mol. The number of fused-ring (bicyclic) bond motifs is 1. The van der Waals surface area contributed by atoms with Crippen LogP contribution in [-0.4, -0.2) is 43.7 Å². The van der Waals surface area contributed by atoms with Gasteiger partial charge in [-0.25, -0.2) is 12.8 Å². The molecule has 0 aromatic heterocycles. The smallest absolute Gasteiger partial charge is 0.245 e. The Hall–Kier alpha value is -2.25. The highest BCUT2D eigenvalue weighted by Crippen LogP contribution is 2.35. The first-order valence-electron chi connectivity index (χ1n) is 10.5. The summed E-state index contributed by atoms with van der Waals surface area (Å²) in [4.78, 5) is 14.7. The molecule has 160 valence electrons. The minimum absolute atomic E-state index is 0.0691. The molecule has 5 nitrogen and oxygen atoms in total. The number of carbonyl (C=O) groups excluding carboxylic acids is 1. The highest BCUT2D eigenvalue weighted by molar-refractivity contribution is 7.89. The van der Waals surface area contributed by atoms with Crippen LogP contribution in [0.5, 0.6) is 0 Å². The maximum absolute atomic E-state index is 14.0. The number of hydrogen-bond acceptors (Lipinski definition) is 3. The summed E-state index contributed by atoms with van der Waals surface area (Å²) in [5.74, 6) is -0.887. The predicted octanol–water partition coefficient (Wildman–Crippen LogP) is 3.76. The van der Waals surface area contributed by atoms with Crippen molar-refractivity contribution >= 4 is 15.9 Å². The van der Waals surface area contributed by atoms with Crippen molar-refractivity contribution in [3.63, 3.8) is 0 Å². The Balaban J connectivity index is 1.43. The van der Waals surface area contributed by atoms with Gasteiger partial charge in [-0.2, -0.15) is 4.31 Å². The quantitative estimate of drug-likeness (QED) is 0.742. The number of amides is 1. The first-order valence-corrected chi connectivity index (χ1v) is 11.9. The van der Waals surface area contributed by atoms with Gasteiger partial charge in [-0.1, -0.05) is 36.4 Å². The number of piperidine rings is 1. The zero-order chi connectivity index (χ0) is 21.3. The van der Waals surface area contributed by atoms with Crippen molar-refractivity contribution in [1.82, 2.24) is 9.21 Å². The number of hydrogen-bond donors (Lipinski definition) is 0. The van der Waals surface area contributed by atoms with Crippen LogP contribution in [0.1, 0.15) is 42.9 Å². The molecule has 0 N–H and O–H groups in total. The van der Waals surface area contributed by atoms with Crippen molar-refractivity contribution in [2.75, 3.05) is 20.1 Å². The highest BCUT2D eigenvalue weighted by Gasteiger charge is 2.36. The Morgan fingerprint density at radius 2 is 1.70 bits per heavy atom. The Labute approximate surface area is 177 Å². The van der Waals surface area contributed by atoms with Gasteiger partial charge in [-0.15, -0.1) is 0 Å². The van der Waals surface area contributed by atoms with E-state index in [1.807, 2.05) is 24.1 Å². The maximum Gasteiger partial charge on any atom is 0.245 e. The molecule has 1 fully saturated rings. The van der Waals surface area contributed by atoms with Crippen molar-refractivity contribution in [2.45, 2.75) is 43.0 Å².